The van der Waals surface area contributed by atoms with Crippen LogP contribution in [0.3, 0.4) is 0 Å². The molecular formula is C18H26N2O3. The molecule has 1 aromatic rings. The highest BCUT2D eigenvalue weighted by molar-refractivity contribution is 5.94. The molecule has 0 bridgehead atoms. The molecule has 1 saturated heterocycles. The summed E-state index contributed by atoms with van der Waals surface area (Å²) in [5.74, 6) is -0.229. The minimum atomic E-state index is -0.315. The molecule has 5 heteroatoms. The molecule has 126 valence electrons. The lowest BCUT2D eigenvalue weighted by Crippen LogP contribution is -2.38. The van der Waals surface area contributed by atoms with Crippen LogP contribution in [0.4, 0.5) is 5.69 Å². The zero-order chi connectivity index (χ0) is 16.7. The predicted molar refractivity (Wildman–Crippen MR) is 90.5 cm³/mol. The van der Waals surface area contributed by atoms with Crippen molar-refractivity contribution in [1.82, 2.24) is 4.90 Å². The smallest absolute Gasteiger partial charge is 0.338 e. The maximum Gasteiger partial charge on any atom is 0.338 e. The van der Waals surface area contributed by atoms with Gasteiger partial charge in [-0.1, -0.05) is 13.3 Å². The van der Waals surface area contributed by atoms with E-state index < -0.39 is 0 Å². The molecule has 1 amide bonds. The first-order valence-corrected chi connectivity index (χ1v) is 8.36. The van der Waals surface area contributed by atoms with Crippen LogP contribution in [-0.2, 0) is 9.53 Å². The summed E-state index contributed by atoms with van der Waals surface area (Å²) in [5.41, 5.74) is 1.23. The number of hydrogen-bond acceptors (Lipinski definition) is 4. The van der Waals surface area contributed by atoms with Gasteiger partial charge < -0.3 is 15.0 Å². The van der Waals surface area contributed by atoms with Crippen molar-refractivity contribution in [3.05, 3.63) is 29.8 Å². The number of hydrogen-bond donors (Lipinski definition) is 1. The minimum Gasteiger partial charge on any atom is -0.462 e. The van der Waals surface area contributed by atoms with E-state index in [0.717, 1.165) is 38.8 Å². The monoisotopic (exact) mass is 318 g/mol. The number of nitrogens with zero attached hydrogens (tertiary/aromatic N) is 1. The van der Waals surface area contributed by atoms with E-state index in [2.05, 4.69) is 17.1 Å². The molecule has 1 atom stereocenters. The molecule has 0 aromatic heterocycles. The van der Waals surface area contributed by atoms with Crippen LogP contribution < -0.4 is 5.32 Å². The lowest BCUT2D eigenvalue weighted by atomic mass is 9.97. The van der Waals surface area contributed by atoms with E-state index in [1.165, 1.54) is 0 Å². The molecule has 1 aromatic carbocycles. The van der Waals surface area contributed by atoms with E-state index in [4.69, 9.17) is 4.74 Å². The third-order valence-electron chi connectivity index (χ3n) is 4.11. The van der Waals surface area contributed by atoms with E-state index in [0.29, 0.717) is 17.9 Å². The number of carbonyl (C=O) groups is 2. The summed E-state index contributed by atoms with van der Waals surface area (Å²) < 4.78 is 5.16. The van der Waals surface area contributed by atoms with E-state index in [9.17, 15) is 9.59 Å². The van der Waals surface area contributed by atoms with Crippen LogP contribution in [0.5, 0.6) is 0 Å². The van der Waals surface area contributed by atoms with Crippen molar-refractivity contribution in [2.45, 2.75) is 32.6 Å². The van der Waals surface area contributed by atoms with E-state index in [1.54, 1.807) is 24.3 Å². The number of unbranched alkanes of at least 4 members (excludes halogenated alkanes) is 1. The van der Waals surface area contributed by atoms with Gasteiger partial charge in [-0.15, -0.1) is 0 Å². The summed E-state index contributed by atoms with van der Waals surface area (Å²) in [6.45, 7) is 4.35. The quantitative estimate of drug-likeness (QED) is 0.647. The SMILES string of the molecule is CCCCOC(=O)c1ccc(NC(=O)C2CCCN(C)C2)cc1. The Hall–Kier alpha value is -1.88. The lowest BCUT2D eigenvalue weighted by Gasteiger charge is -2.28. The zero-order valence-electron chi connectivity index (χ0n) is 14.0. The number of rotatable bonds is 6. The van der Waals surface area contributed by atoms with Crippen molar-refractivity contribution in [3.8, 4) is 0 Å². The van der Waals surface area contributed by atoms with Gasteiger partial charge in [0, 0.05) is 12.2 Å². The van der Waals surface area contributed by atoms with Gasteiger partial charge in [-0.25, -0.2) is 4.79 Å². The van der Waals surface area contributed by atoms with Crippen molar-refractivity contribution in [3.63, 3.8) is 0 Å². The van der Waals surface area contributed by atoms with Gasteiger partial charge in [-0.05, 0) is 57.1 Å². The van der Waals surface area contributed by atoms with Crippen LogP contribution in [0.2, 0.25) is 0 Å². The molecule has 1 heterocycles. The number of carbonyl (C=O) groups excluding carboxylic acids is 2. The number of amides is 1. The highest BCUT2D eigenvalue weighted by Crippen LogP contribution is 2.18. The number of anilines is 1. The van der Waals surface area contributed by atoms with Crippen LogP contribution in [0.1, 0.15) is 43.0 Å². The van der Waals surface area contributed by atoms with Gasteiger partial charge in [0.2, 0.25) is 5.91 Å². The van der Waals surface area contributed by atoms with E-state index in [1.807, 2.05) is 7.05 Å². The molecule has 0 radical (unpaired) electrons. The van der Waals surface area contributed by atoms with Gasteiger partial charge in [-0.3, -0.25) is 4.79 Å². The summed E-state index contributed by atoms with van der Waals surface area (Å²) in [5, 5.41) is 2.93. The maximum atomic E-state index is 12.3. The lowest BCUT2D eigenvalue weighted by molar-refractivity contribution is -0.121. The Kier molecular flexibility index (Phi) is 6.59. The number of esters is 1. The highest BCUT2D eigenvalue weighted by atomic mass is 16.5. The highest BCUT2D eigenvalue weighted by Gasteiger charge is 2.23. The normalized spacial score (nSPS) is 18.4. The van der Waals surface area contributed by atoms with Crippen molar-refractivity contribution < 1.29 is 14.3 Å². The Morgan fingerprint density at radius 2 is 2.04 bits per heavy atom. The van der Waals surface area contributed by atoms with Crippen molar-refractivity contribution in [1.29, 1.82) is 0 Å². The van der Waals surface area contributed by atoms with Gasteiger partial charge in [0.15, 0.2) is 0 Å². The van der Waals surface area contributed by atoms with Gasteiger partial charge in [0.05, 0.1) is 18.1 Å². The Labute approximate surface area is 138 Å². The maximum absolute atomic E-state index is 12.3. The fraction of sp³-hybridized carbons (Fsp3) is 0.556. The zero-order valence-corrected chi connectivity index (χ0v) is 14.0. The molecule has 1 N–H and O–H groups in total. The summed E-state index contributed by atoms with van der Waals surface area (Å²) in [6.07, 6.45) is 3.85. The topological polar surface area (TPSA) is 58.6 Å². The molecule has 0 spiro atoms. The molecule has 1 unspecified atom stereocenters. The van der Waals surface area contributed by atoms with Gasteiger partial charge in [-0.2, -0.15) is 0 Å². The largest absolute Gasteiger partial charge is 0.462 e. The van der Waals surface area contributed by atoms with Gasteiger partial charge in [0.25, 0.3) is 0 Å². The Bertz CT molecular complexity index is 528. The molecule has 0 saturated carbocycles. The van der Waals surface area contributed by atoms with Gasteiger partial charge in [0.1, 0.15) is 0 Å². The number of nitrogens with one attached hydrogen (secondary N) is 1. The molecule has 1 aliphatic rings. The van der Waals surface area contributed by atoms with Crippen LogP contribution in [0, 0.1) is 5.92 Å². The number of likely N-dealkylation sites (tertiary alicyclic amines) is 1. The van der Waals surface area contributed by atoms with Crippen molar-refractivity contribution in [2.75, 3.05) is 32.1 Å². The second-order valence-corrected chi connectivity index (χ2v) is 6.16. The Balaban J connectivity index is 1.86. The summed E-state index contributed by atoms with van der Waals surface area (Å²) in [6, 6.07) is 6.88. The fourth-order valence-corrected chi connectivity index (χ4v) is 2.71. The second-order valence-electron chi connectivity index (χ2n) is 6.16. The summed E-state index contributed by atoms with van der Waals surface area (Å²) in [7, 11) is 2.04. The first-order valence-electron chi connectivity index (χ1n) is 8.36. The third kappa shape index (κ3) is 5.36. The number of ether oxygens (including phenoxy) is 1. The number of benzene rings is 1. The van der Waals surface area contributed by atoms with E-state index >= 15 is 0 Å². The minimum absolute atomic E-state index is 0.0347. The average molecular weight is 318 g/mol. The predicted octanol–water partition coefficient (Wildman–Crippen LogP) is 2.92. The molecule has 0 aliphatic carbocycles. The average Bonchev–Trinajstić information content (AvgIpc) is 2.55. The van der Waals surface area contributed by atoms with Crippen LogP contribution in [0.15, 0.2) is 24.3 Å². The third-order valence-corrected chi connectivity index (χ3v) is 4.11. The van der Waals surface area contributed by atoms with Crippen LogP contribution >= 0.6 is 0 Å². The van der Waals surface area contributed by atoms with Crippen molar-refractivity contribution >= 4 is 17.6 Å². The van der Waals surface area contributed by atoms with E-state index in [-0.39, 0.29) is 17.8 Å². The molecule has 23 heavy (non-hydrogen) atoms. The summed E-state index contributed by atoms with van der Waals surface area (Å²) >= 11 is 0. The molecule has 5 nitrogen and oxygen atoms in total. The first-order chi connectivity index (χ1) is 11.1. The molecular weight excluding hydrogens is 292 g/mol. The van der Waals surface area contributed by atoms with Crippen LogP contribution in [0.25, 0.3) is 0 Å². The first kappa shape index (κ1) is 17.5. The van der Waals surface area contributed by atoms with Crippen molar-refractivity contribution in [2.24, 2.45) is 5.92 Å². The molecule has 1 fully saturated rings. The summed E-state index contributed by atoms with van der Waals surface area (Å²) in [4.78, 5) is 26.3. The van der Waals surface area contributed by atoms with Crippen LogP contribution in [-0.4, -0.2) is 43.5 Å². The Morgan fingerprint density at radius 3 is 2.70 bits per heavy atom. The number of piperidine rings is 1. The van der Waals surface area contributed by atoms with Gasteiger partial charge >= 0.3 is 5.97 Å². The molecule has 2 rings (SSSR count). The Morgan fingerprint density at radius 1 is 1.30 bits per heavy atom. The molecule has 1 aliphatic heterocycles. The second kappa shape index (κ2) is 8.67. The standard InChI is InChI=1S/C18H26N2O3/c1-3-4-12-23-18(22)14-7-9-16(10-8-14)19-17(21)15-6-5-11-20(2)13-15/h7-10,15H,3-6,11-13H2,1-2H3,(H,19,21). The fourth-order valence-electron chi connectivity index (χ4n) is 2.71.